The van der Waals surface area contributed by atoms with E-state index >= 15 is 0 Å². The van der Waals surface area contributed by atoms with Crippen molar-refractivity contribution in [3.8, 4) is 0 Å². The van der Waals surface area contributed by atoms with E-state index in [-0.39, 0.29) is 5.97 Å². The van der Waals surface area contributed by atoms with Gasteiger partial charge in [0.1, 0.15) is 5.82 Å². The number of methoxy groups -OCH3 is 1. The molecule has 0 aliphatic heterocycles. The van der Waals surface area contributed by atoms with Gasteiger partial charge >= 0.3 is 5.97 Å². The number of ether oxygens (including phenoxy) is 1. The first-order valence-electron chi connectivity index (χ1n) is 6.03. The lowest BCUT2D eigenvalue weighted by molar-refractivity contribution is -0.141. The van der Waals surface area contributed by atoms with Crippen molar-refractivity contribution in [3.05, 3.63) is 59.8 Å². The molecule has 98 valence electrons. The summed E-state index contributed by atoms with van der Waals surface area (Å²) in [4.78, 5) is 16.2. The third-order valence-electron chi connectivity index (χ3n) is 2.86. The quantitative estimate of drug-likeness (QED) is 0.854. The van der Waals surface area contributed by atoms with E-state index in [1.165, 1.54) is 7.11 Å². The molecule has 2 rings (SSSR count). The molecule has 1 unspecified atom stereocenters. The van der Waals surface area contributed by atoms with E-state index < -0.39 is 6.04 Å². The van der Waals surface area contributed by atoms with E-state index in [1.54, 1.807) is 6.20 Å². The number of rotatable bonds is 4. The molecule has 4 nitrogen and oxygen atoms in total. The molecule has 19 heavy (non-hydrogen) atoms. The lowest BCUT2D eigenvalue weighted by Gasteiger charge is -2.18. The number of nitrogens with zero attached hydrogens (tertiary/aromatic N) is 1. The molecule has 1 atom stereocenters. The number of carbonyl (C=O) groups is 1. The molecule has 0 spiro atoms. The van der Waals surface area contributed by atoms with Gasteiger partial charge in [-0.25, -0.2) is 9.78 Å². The standard InChI is InChI=1S/C15H16N2O2/c1-11-7-6-10-16-14(11)17-13(15(18)19-2)12-8-4-3-5-9-12/h3-10,13H,1-2H3,(H,16,17). The first-order chi connectivity index (χ1) is 9.22. The highest BCUT2D eigenvalue weighted by molar-refractivity contribution is 5.80. The minimum atomic E-state index is -0.556. The lowest BCUT2D eigenvalue weighted by Crippen LogP contribution is -2.23. The van der Waals surface area contributed by atoms with Gasteiger partial charge in [0, 0.05) is 6.20 Å². The molecule has 0 bridgehead atoms. The minimum absolute atomic E-state index is 0.337. The maximum Gasteiger partial charge on any atom is 0.333 e. The Morgan fingerprint density at radius 2 is 1.95 bits per heavy atom. The fourth-order valence-electron chi connectivity index (χ4n) is 1.82. The van der Waals surface area contributed by atoms with Crippen LogP contribution in [0.25, 0.3) is 0 Å². The summed E-state index contributed by atoms with van der Waals surface area (Å²) in [7, 11) is 1.38. The van der Waals surface area contributed by atoms with Crippen LogP contribution in [0.2, 0.25) is 0 Å². The van der Waals surface area contributed by atoms with Gasteiger partial charge in [0.2, 0.25) is 0 Å². The van der Waals surface area contributed by atoms with Crippen molar-refractivity contribution in [3.63, 3.8) is 0 Å². The molecule has 2 aromatic rings. The van der Waals surface area contributed by atoms with Gasteiger partial charge < -0.3 is 10.1 Å². The maximum atomic E-state index is 11.9. The van der Waals surface area contributed by atoms with Crippen molar-refractivity contribution in [2.45, 2.75) is 13.0 Å². The highest BCUT2D eigenvalue weighted by Gasteiger charge is 2.21. The Hall–Kier alpha value is -2.36. The Balaban J connectivity index is 2.30. The van der Waals surface area contributed by atoms with Crippen LogP contribution in [0.1, 0.15) is 17.2 Å². The molecule has 0 fully saturated rings. The van der Waals surface area contributed by atoms with Crippen molar-refractivity contribution >= 4 is 11.8 Å². The number of anilines is 1. The summed E-state index contributed by atoms with van der Waals surface area (Å²) in [6.45, 7) is 1.94. The average molecular weight is 256 g/mol. The second kappa shape index (κ2) is 6.00. The third kappa shape index (κ3) is 3.10. The van der Waals surface area contributed by atoms with E-state index in [9.17, 15) is 4.79 Å². The summed E-state index contributed by atoms with van der Waals surface area (Å²) in [6, 6.07) is 12.7. The van der Waals surface area contributed by atoms with Crippen molar-refractivity contribution in [2.24, 2.45) is 0 Å². The molecule has 1 heterocycles. The second-order valence-corrected chi connectivity index (χ2v) is 4.18. The number of carbonyl (C=O) groups excluding carboxylic acids is 1. The van der Waals surface area contributed by atoms with Gasteiger partial charge in [0.05, 0.1) is 7.11 Å². The minimum Gasteiger partial charge on any atom is -0.467 e. The van der Waals surface area contributed by atoms with Crippen LogP contribution in [-0.2, 0) is 9.53 Å². The molecule has 1 aromatic heterocycles. The smallest absolute Gasteiger partial charge is 0.333 e. The summed E-state index contributed by atoms with van der Waals surface area (Å²) in [5, 5.41) is 3.13. The molecule has 1 N–H and O–H groups in total. The third-order valence-corrected chi connectivity index (χ3v) is 2.86. The summed E-state index contributed by atoms with van der Waals surface area (Å²) >= 11 is 0. The second-order valence-electron chi connectivity index (χ2n) is 4.18. The monoisotopic (exact) mass is 256 g/mol. The van der Waals surface area contributed by atoms with Crippen LogP contribution >= 0.6 is 0 Å². The predicted molar refractivity (Wildman–Crippen MR) is 73.8 cm³/mol. The van der Waals surface area contributed by atoms with E-state index in [1.807, 2.05) is 49.4 Å². The number of hydrogen-bond donors (Lipinski definition) is 1. The highest BCUT2D eigenvalue weighted by atomic mass is 16.5. The SMILES string of the molecule is COC(=O)C(Nc1ncccc1C)c1ccccc1. The summed E-state index contributed by atoms with van der Waals surface area (Å²) in [5.74, 6) is 0.345. The number of aromatic nitrogens is 1. The van der Waals surface area contributed by atoms with Crippen LogP contribution in [-0.4, -0.2) is 18.1 Å². The zero-order valence-corrected chi connectivity index (χ0v) is 11.0. The van der Waals surface area contributed by atoms with Crippen molar-refractivity contribution in [1.29, 1.82) is 0 Å². The maximum absolute atomic E-state index is 11.9. The van der Waals surface area contributed by atoms with Crippen LogP contribution in [0.3, 0.4) is 0 Å². The van der Waals surface area contributed by atoms with Crippen LogP contribution in [0.4, 0.5) is 5.82 Å². The number of benzene rings is 1. The lowest BCUT2D eigenvalue weighted by atomic mass is 10.1. The molecule has 0 aliphatic carbocycles. The molecule has 1 aromatic carbocycles. The van der Waals surface area contributed by atoms with Crippen LogP contribution in [0.5, 0.6) is 0 Å². The number of pyridine rings is 1. The van der Waals surface area contributed by atoms with Gasteiger partial charge in [-0.3, -0.25) is 0 Å². The van der Waals surface area contributed by atoms with Crippen LogP contribution in [0, 0.1) is 6.92 Å². The highest BCUT2D eigenvalue weighted by Crippen LogP contribution is 2.21. The van der Waals surface area contributed by atoms with Crippen molar-refractivity contribution in [1.82, 2.24) is 4.98 Å². The van der Waals surface area contributed by atoms with Gasteiger partial charge in [-0.1, -0.05) is 36.4 Å². The summed E-state index contributed by atoms with van der Waals surface area (Å²) < 4.78 is 4.85. The Morgan fingerprint density at radius 1 is 1.21 bits per heavy atom. The average Bonchev–Trinajstić information content (AvgIpc) is 2.46. The largest absolute Gasteiger partial charge is 0.467 e. The topological polar surface area (TPSA) is 51.2 Å². The molecule has 0 aliphatic rings. The zero-order chi connectivity index (χ0) is 13.7. The Morgan fingerprint density at radius 3 is 2.58 bits per heavy atom. The van der Waals surface area contributed by atoms with Gasteiger partial charge in [-0.2, -0.15) is 0 Å². The van der Waals surface area contributed by atoms with E-state index in [0.717, 1.165) is 11.1 Å². The van der Waals surface area contributed by atoms with Crippen molar-refractivity contribution < 1.29 is 9.53 Å². The van der Waals surface area contributed by atoms with E-state index in [0.29, 0.717) is 5.82 Å². The van der Waals surface area contributed by atoms with Gasteiger partial charge in [0.15, 0.2) is 6.04 Å². The first-order valence-corrected chi connectivity index (χ1v) is 6.03. The van der Waals surface area contributed by atoms with Crippen LogP contribution < -0.4 is 5.32 Å². The summed E-state index contributed by atoms with van der Waals surface area (Å²) in [5.41, 5.74) is 1.83. The number of aryl methyl sites for hydroxylation is 1. The van der Waals surface area contributed by atoms with Gasteiger partial charge in [-0.15, -0.1) is 0 Å². The molecular weight excluding hydrogens is 240 g/mol. The Kier molecular flexibility index (Phi) is 4.13. The summed E-state index contributed by atoms with van der Waals surface area (Å²) in [6.07, 6.45) is 1.69. The van der Waals surface area contributed by atoms with E-state index in [2.05, 4.69) is 10.3 Å². The molecule has 0 saturated carbocycles. The first kappa shape index (κ1) is 13.1. The van der Waals surface area contributed by atoms with Crippen molar-refractivity contribution in [2.75, 3.05) is 12.4 Å². The number of nitrogens with one attached hydrogen (secondary N) is 1. The molecule has 0 saturated heterocycles. The van der Waals surface area contributed by atoms with E-state index in [4.69, 9.17) is 4.74 Å². The molecule has 0 amide bonds. The van der Waals surface area contributed by atoms with Crippen LogP contribution in [0.15, 0.2) is 48.7 Å². The fourth-order valence-corrected chi connectivity index (χ4v) is 1.82. The van der Waals surface area contributed by atoms with Gasteiger partial charge in [0.25, 0.3) is 0 Å². The fraction of sp³-hybridized carbons (Fsp3) is 0.200. The predicted octanol–water partition coefficient (Wildman–Crippen LogP) is 2.72. The van der Waals surface area contributed by atoms with Gasteiger partial charge in [-0.05, 0) is 24.1 Å². The Bertz CT molecular complexity index is 555. The Labute approximate surface area is 112 Å². The molecular formula is C15H16N2O2. The number of esters is 1. The molecule has 0 radical (unpaired) electrons. The molecule has 4 heteroatoms. The number of hydrogen-bond acceptors (Lipinski definition) is 4. The normalized spacial score (nSPS) is 11.7. The zero-order valence-electron chi connectivity index (χ0n) is 11.0.